The molecule has 24 heavy (non-hydrogen) atoms. The number of nitrogen functional groups attached to an aromatic ring is 2. The first-order valence-electron chi connectivity index (χ1n) is 6.33. The molecule has 0 aliphatic heterocycles. The molecule has 0 saturated heterocycles. The second-order valence-corrected chi connectivity index (χ2v) is 7.16. The lowest BCUT2D eigenvalue weighted by molar-refractivity contribution is 0.0978. The summed E-state index contributed by atoms with van der Waals surface area (Å²) in [7, 11) is -4.75. The van der Waals surface area contributed by atoms with Crippen molar-refractivity contribution in [2.45, 2.75) is 4.90 Å². The van der Waals surface area contributed by atoms with Crippen LogP contribution in [-0.4, -0.2) is 24.5 Å². The Kier molecular flexibility index (Phi) is 3.61. The molecule has 7 nitrogen and oxygen atoms in total. The predicted molar refractivity (Wildman–Crippen MR) is 88.4 cm³/mol. The number of nitrogens with two attached hydrogens (primary N) is 2. The maximum atomic E-state index is 12.8. The first-order valence-corrected chi connectivity index (χ1v) is 8.52. The molecule has 0 spiro atoms. The van der Waals surface area contributed by atoms with Crippen molar-refractivity contribution in [2.75, 3.05) is 11.5 Å². The molecule has 124 valence electrons. The lowest BCUT2D eigenvalue weighted by atomic mass is 9.82. The van der Waals surface area contributed by atoms with Crippen molar-refractivity contribution in [2.24, 2.45) is 0 Å². The molecule has 1 aliphatic rings. The molecule has 0 radical (unpaired) electrons. The van der Waals surface area contributed by atoms with E-state index in [9.17, 15) is 22.6 Å². The Hall–Kier alpha value is -2.13. The Labute approximate surface area is 145 Å². The molecule has 0 atom stereocenters. The topological polar surface area (TPSA) is 141 Å². The Morgan fingerprint density at radius 2 is 1.38 bits per heavy atom. The molecule has 2 aromatic carbocycles. The molecule has 0 unspecified atom stereocenters. The number of anilines is 2. The van der Waals surface area contributed by atoms with Crippen molar-refractivity contribution < 1.29 is 22.6 Å². The highest BCUT2D eigenvalue weighted by atomic mass is 35.5. The van der Waals surface area contributed by atoms with Gasteiger partial charge in [-0.05, 0) is 6.07 Å². The van der Waals surface area contributed by atoms with Crippen LogP contribution >= 0.6 is 23.2 Å². The van der Waals surface area contributed by atoms with E-state index in [1.807, 2.05) is 0 Å². The third-order valence-corrected chi connectivity index (χ3v) is 5.46. The summed E-state index contributed by atoms with van der Waals surface area (Å²) in [6, 6.07) is 3.46. The van der Waals surface area contributed by atoms with Crippen molar-refractivity contribution in [1.82, 2.24) is 0 Å². The number of carbonyl (C=O) groups is 2. The smallest absolute Gasteiger partial charge is 0.295 e. The summed E-state index contributed by atoms with van der Waals surface area (Å²) in [5.41, 5.74) is 9.76. The van der Waals surface area contributed by atoms with Crippen LogP contribution in [0.15, 0.2) is 23.1 Å². The van der Waals surface area contributed by atoms with Gasteiger partial charge < -0.3 is 11.5 Å². The summed E-state index contributed by atoms with van der Waals surface area (Å²) in [6.07, 6.45) is 0. The molecule has 2 aromatic rings. The molecule has 1 aliphatic carbocycles. The summed E-state index contributed by atoms with van der Waals surface area (Å²) in [6.45, 7) is 0. The van der Waals surface area contributed by atoms with Crippen molar-refractivity contribution in [3.63, 3.8) is 0 Å². The molecule has 3 rings (SSSR count). The van der Waals surface area contributed by atoms with E-state index in [0.717, 1.165) is 6.07 Å². The zero-order valence-corrected chi connectivity index (χ0v) is 14.0. The van der Waals surface area contributed by atoms with E-state index >= 15 is 0 Å². The second-order valence-electron chi connectivity index (χ2n) is 5.02. The van der Waals surface area contributed by atoms with Gasteiger partial charge in [-0.15, -0.1) is 0 Å². The average molecular weight is 387 g/mol. The van der Waals surface area contributed by atoms with Gasteiger partial charge in [0, 0.05) is 5.56 Å². The summed E-state index contributed by atoms with van der Waals surface area (Å²) in [4.78, 5) is 24.8. The maximum Gasteiger partial charge on any atom is 0.295 e. The fourth-order valence-electron chi connectivity index (χ4n) is 2.63. The fourth-order valence-corrected chi connectivity index (χ4v) is 3.73. The van der Waals surface area contributed by atoms with Crippen molar-refractivity contribution in [1.29, 1.82) is 0 Å². The van der Waals surface area contributed by atoms with E-state index in [2.05, 4.69) is 0 Å². The summed E-state index contributed by atoms with van der Waals surface area (Å²) in [5.74, 6) is -1.64. The molecule has 10 heteroatoms. The van der Waals surface area contributed by atoms with E-state index in [1.165, 1.54) is 12.1 Å². The SMILES string of the molecule is Nc1c(Cl)c(Cl)c(N)c2c1C(=O)c1cccc(S(=O)(=O)O)c1C2=O. The van der Waals surface area contributed by atoms with Crippen LogP contribution in [0.25, 0.3) is 0 Å². The number of rotatable bonds is 1. The molecular formula is C14H8Cl2N2O5S. The van der Waals surface area contributed by atoms with Gasteiger partial charge in [0.05, 0.1) is 38.1 Å². The van der Waals surface area contributed by atoms with E-state index < -0.39 is 32.1 Å². The van der Waals surface area contributed by atoms with Crippen LogP contribution in [0, 0.1) is 0 Å². The van der Waals surface area contributed by atoms with Gasteiger partial charge in [0.25, 0.3) is 10.1 Å². The van der Waals surface area contributed by atoms with Gasteiger partial charge in [-0.3, -0.25) is 14.1 Å². The quantitative estimate of drug-likeness (QED) is 0.429. The molecule has 0 amide bonds. The van der Waals surface area contributed by atoms with Crippen molar-refractivity contribution in [3.05, 3.63) is 50.5 Å². The number of fused-ring (bicyclic) bond motifs is 2. The zero-order chi connectivity index (χ0) is 18.0. The first kappa shape index (κ1) is 16.7. The van der Waals surface area contributed by atoms with Crippen LogP contribution in [0.2, 0.25) is 10.0 Å². The van der Waals surface area contributed by atoms with E-state index in [0.29, 0.717) is 0 Å². The van der Waals surface area contributed by atoms with E-state index in [-0.39, 0.29) is 38.1 Å². The molecule has 5 N–H and O–H groups in total. The van der Waals surface area contributed by atoms with E-state index in [1.54, 1.807) is 0 Å². The van der Waals surface area contributed by atoms with Crippen LogP contribution in [0.3, 0.4) is 0 Å². The minimum Gasteiger partial charge on any atom is -0.397 e. The number of ketones is 2. The zero-order valence-electron chi connectivity index (χ0n) is 11.6. The molecule has 0 aromatic heterocycles. The van der Waals surface area contributed by atoms with Gasteiger partial charge in [-0.1, -0.05) is 35.3 Å². The highest BCUT2D eigenvalue weighted by Gasteiger charge is 2.38. The summed E-state index contributed by atoms with van der Waals surface area (Å²) >= 11 is 11.8. The Morgan fingerprint density at radius 3 is 1.88 bits per heavy atom. The minimum absolute atomic E-state index is 0.177. The third-order valence-electron chi connectivity index (χ3n) is 3.68. The van der Waals surface area contributed by atoms with Crippen LogP contribution in [0.5, 0.6) is 0 Å². The molecule has 0 saturated carbocycles. The highest BCUT2D eigenvalue weighted by molar-refractivity contribution is 7.86. The van der Waals surface area contributed by atoms with Gasteiger partial charge in [-0.25, -0.2) is 0 Å². The summed E-state index contributed by atoms with van der Waals surface area (Å²) < 4.78 is 32.4. The number of carbonyl (C=O) groups excluding carboxylic acids is 2. The van der Waals surface area contributed by atoms with Crippen LogP contribution < -0.4 is 11.5 Å². The second kappa shape index (κ2) is 5.18. The predicted octanol–water partition coefficient (Wildman–Crippen LogP) is 2.18. The van der Waals surface area contributed by atoms with Gasteiger partial charge in [0.2, 0.25) is 0 Å². The Balaban J connectivity index is 2.49. The normalized spacial score (nSPS) is 13.6. The van der Waals surface area contributed by atoms with Crippen LogP contribution in [-0.2, 0) is 10.1 Å². The highest BCUT2D eigenvalue weighted by Crippen LogP contribution is 2.44. The molecule has 0 bridgehead atoms. The standard InChI is InChI=1S/C14H8Cl2N2O5S/c15-9-10(16)12(18)8-7(11(9)17)13(19)4-2-1-3-5(24(21,22)23)6(4)14(8)20/h1-3H,17-18H2,(H,21,22,23). The van der Waals surface area contributed by atoms with Gasteiger partial charge in [0.1, 0.15) is 4.90 Å². The number of hydrogen-bond acceptors (Lipinski definition) is 6. The summed E-state index contributed by atoms with van der Waals surface area (Å²) in [5, 5.41) is -0.398. The monoisotopic (exact) mass is 386 g/mol. The number of halogens is 2. The number of hydrogen-bond donors (Lipinski definition) is 3. The van der Waals surface area contributed by atoms with Gasteiger partial charge >= 0.3 is 0 Å². The first-order chi connectivity index (χ1) is 11.1. The van der Waals surface area contributed by atoms with Gasteiger partial charge in [-0.2, -0.15) is 8.42 Å². The Morgan fingerprint density at radius 1 is 0.875 bits per heavy atom. The molecular weight excluding hydrogens is 379 g/mol. The largest absolute Gasteiger partial charge is 0.397 e. The molecule has 0 fully saturated rings. The molecule has 0 heterocycles. The lowest BCUT2D eigenvalue weighted by Gasteiger charge is -2.23. The van der Waals surface area contributed by atoms with Crippen molar-refractivity contribution >= 4 is 56.3 Å². The van der Waals surface area contributed by atoms with Crippen molar-refractivity contribution in [3.8, 4) is 0 Å². The van der Waals surface area contributed by atoms with Crippen LogP contribution in [0.4, 0.5) is 11.4 Å². The lowest BCUT2D eigenvalue weighted by Crippen LogP contribution is -2.26. The minimum atomic E-state index is -4.75. The van der Waals surface area contributed by atoms with E-state index in [4.69, 9.17) is 34.7 Å². The third kappa shape index (κ3) is 2.11. The maximum absolute atomic E-state index is 12.8. The fraction of sp³-hybridized carbons (Fsp3) is 0. The number of benzene rings is 2. The average Bonchev–Trinajstić information content (AvgIpc) is 2.52. The van der Waals surface area contributed by atoms with Crippen LogP contribution in [0.1, 0.15) is 31.8 Å². The van der Waals surface area contributed by atoms with Gasteiger partial charge in [0.15, 0.2) is 11.6 Å². The Bertz CT molecular complexity index is 1060.